The van der Waals surface area contributed by atoms with E-state index >= 15 is 0 Å². The van der Waals surface area contributed by atoms with Crippen LogP contribution in [0.5, 0.6) is 17.2 Å². The molecule has 0 aliphatic heterocycles. The molecule has 0 amide bonds. The number of nitrogens with one attached hydrogen (secondary N) is 1. The van der Waals surface area contributed by atoms with Crippen molar-refractivity contribution in [3.63, 3.8) is 0 Å². The van der Waals surface area contributed by atoms with Crippen LogP contribution in [-0.2, 0) is 11.8 Å². The van der Waals surface area contributed by atoms with Crippen LogP contribution in [0, 0.1) is 5.92 Å². The van der Waals surface area contributed by atoms with Gasteiger partial charge in [-0.2, -0.15) is 5.10 Å². The van der Waals surface area contributed by atoms with E-state index in [-0.39, 0.29) is 5.92 Å². The van der Waals surface area contributed by atoms with Gasteiger partial charge in [0.25, 0.3) is 0 Å². The summed E-state index contributed by atoms with van der Waals surface area (Å²) < 4.78 is 17.1. The minimum absolute atomic E-state index is 0.262. The van der Waals surface area contributed by atoms with Crippen molar-refractivity contribution < 1.29 is 19.4 Å². The average Bonchev–Trinajstić information content (AvgIpc) is 3.27. The largest absolute Gasteiger partial charge is 0.493 e. The van der Waals surface area contributed by atoms with Crippen molar-refractivity contribution in [2.24, 2.45) is 11.1 Å². The summed E-state index contributed by atoms with van der Waals surface area (Å²) in [7, 11) is 4.88. The van der Waals surface area contributed by atoms with Crippen molar-refractivity contribution in [1.82, 2.24) is 10.2 Å². The highest BCUT2D eigenvalue weighted by atomic mass is 16.5. The van der Waals surface area contributed by atoms with E-state index in [0.717, 1.165) is 47.3 Å². The molecule has 0 bridgehead atoms. The number of hydrogen-bond donors (Lipinski definition) is 2. The summed E-state index contributed by atoms with van der Waals surface area (Å²) in [6, 6.07) is 14.3. The van der Waals surface area contributed by atoms with Crippen molar-refractivity contribution in [2.45, 2.75) is 31.1 Å². The first-order chi connectivity index (χ1) is 16.7. The quantitative estimate of drug-likeness (QED) is 0.296. The summed E-state index contributed by atoms with van der Waals surface area (Å²) in [4.78, 5) is 0. The van der Waals surface area contributed by atoms with Gasteiger partial charge < -0.3 is 19.4 Å². The lowest BCUT2D eigenvalue weighted by Crippen LogP contribution is -2.31. The molecular formula is C27H29N3O4. The van der Waals surface area contributed by atoms with Gasteiger partial charge in [-0.25, -0.2) is 0 Å². The van der Waals surface area contributed by atoms with Gasteiger partial charge in [-0.05, 0) is 24.5 Å². The van der Waals surface area contributed by atoms with Gasteiger partial charge in [0.15, 0.2) is 11.5 Å². The number of nitrogens with zero attached hydrogens (tertiary/aromatic N) is 2. The van der Waals surface area contributed by atoms with E-state index in [2.05, 4.69) is 39.6 Å². The second-order valence-corrected chi connectivity index (χ2v) is 8.81. The van der Waals surface area contributed by atoms with E-state index in [1.807, 2.05) is 30.3 Å². The molecule has 1 atom stereocenters. The van der Waals surface area contributed by atoms with E-state index in [0.29, 0.717) is 29.4 Å². The topological polar surface area (TPSA) is 89.0 Å². The van der Waals surface area contributed by atoms with Gasteiger partial charge in [0.05, 0.1) is 21.3 Å². The molecule has 0 radical (unpaired) electrons. The molecule has 1 fully saturated rings. The maximum Gasteiger partial charge on any atom is 0.203 e. The number of H-pyrrole nitrogens is 1. The first kappa shape index (κ1) is 22.1. The number of aromatic amines is 1. The summed E-state index contributed by atoms with van der Waals surface area (Å²) in [6.45, 7) is 0. The molecule has 1 saturated carbocycles. The highest BCUT2D eigenvalue weighted by Gasteiger charge is 2.41. The third-order valence-electron chi connectivity index (χ3n) is 7.19. The van der Waals surface area contributed by atoms with Gasteiger partial charge in [-0.3, -0.25) is 5.10 Å². The fourth-order valence-corrected chi connectivity index (χ4v) is 5.19. The molecule has 1 unspecified atom stereocenters. The number of methoxy groups -OCH3 is 3. The maximum atomic E-state index is 9.74. The summed E-state index contributed by atoms with van der Waals surface area (Å²) in [5.41, 5.74) is 4.92. The van der Waals surface area contributed by atoms with E-state index in [9.17, 15) is 5.21 Å². The molecule has 3 aromatic rings. The Morgan fingerprint density at radius 2 is 1.79 bits per heavy atom. The van der Waals surface area contributed by atoms with Gasteiger partial charge in [-0.1, -0.05) is 60.1 Å². The zero-order valence-corrected chi connectivity index (χ0v) is 19.7. The summed E-state index contributed by atoms with van der Waals surface area (Å²) in [5, 5.41) is 21.2. The first-order valence-electron chi connectivity index (χ1n) is 11.5. The van der Waals surface area contributed by atoms with Crippen LogP contribution >= 0.6 is 0 Å². The molecule has 1 heterocycles. The molecule has 7 heteroatoms. The van der Waals surface area contributed by atoms with Crippen LogP contribution in [0.25, 0.3) is 6.08 Å². The van der Waals surface area contributed by atoms with Crippen molar-refractivity contribution >= 4 is 11.8 Å². The molecule has 2 aliphatic rings. The molecular weight excluding hydrogens is 430 g/mol. The van der Waals surface area contributed by atoms with E-state index in [4.69, 9.17) is 14.2 Å². The zero-order valence-electron chi connectivity index (χ0n) is 19.7. The third kappa shape index (κ3) is 3.34. The lowest BCUT2D eigenvalue weighted by atomic mass is 9.67. The molecule has 5 rings (SSSR count). The van der Waals surface area contributed by atoms with Gasteiger partial charge >= 0.3 is 0 Å². The average molecular weight is 460 g/mol. The van der Waals surface area contributed by atoms with Crippen molar-refractivity contribution in [1.29, 1.82) is 0 Å². The van der Waals surface area contributed by atoms with Crippen LogP contribution in [0.2, 0.25) is 0 Å². The fraction of sp³-hybridized carbons (Fsp3) is 0.333. The molecule has 0 spiro atoms. The van der Waals surface area contributed by atoms with Crippen molar-refractivity contribution in [3.05, 3.63) is 76.6 Å². The summed E-state index contributed by atoms with van der Waals surface area (Å²) >= 11 is 0. The molecule has 2 N–H and O–H groups in total. The Hall–Kier alpha value is -3.74. The maximum absolute atomic E-state index is 9.74. The van der Waals surface area contributed by atoms with Gasteiger partial charge in [-0.15, -0.1) is 0 Å². The Morgan fingerprint density at radius 1 is 1.03 bits per heavy atom. The Balaban J connectivity index is 1.68. The van der Waals surface area contributed by atoms with E-state index < -0.39 is 5.41 Å². The Labute approximate surface area is 199 Å². The monoisotopic (exact) mass is 459 g/mol. The smallest absolute Gasteiger partial charge is 0.203 e. The van der Waals surface area contributed by atoms with Gasteiger partial charge in [0.2, 0.25) is 5.75 Å². The predicted molar refractivity (Wildman–Crippen MR) is 130 cm³/mol. The van der Waals surface area contributed by atoms with Crippen LogP contribution in [-0.4, -0.2) is 42.4 Å². The van der Waals surface area contributed by atoms with Crippen LogP contribution in [0.3, 0.4) is 0 Å². The number of ether oxygens (including phenoxy) is 3. The predicted octanol–water partition coefficient (Wildman–Crippen LogP) is 4.97. The number of rotatable bonds is 7. The highest BCUT2D eigenvalue weighted by molar-refractivity contribution is 6.04. The summed E-state index contributed by atoms with van der Waals surface area (Å²) in [6.07, 6.45) is 8.13. The van der Waals surface area contributed by atoms with Gasteiger partial charge in [0, 0.05) is 34.6 Å². The van der Waals surface area contributed by atoms with Gasteiger partial charge in [0.1, 0.15) is 11.4 Å². The third-order valence-corrected chi connectivity index (χ3v) is 7.19. The number of allylic oxidation sites excluding steroid dienone is 1. The van der Waals surface area contributed by atoms with Crippen molar-refractivity contribution in [2.75, 3.05) is 21.3 Å². The Kier molecular flexibility index (Phi) is 5.77. The SMILES string of the molecule is COc1ccc(C2(c3ccccc3)C=Cc3c(C(=NO)C4CCC4)n[nH]c3C2)c(OC)c1OC. The van der Waals surface area contributed by atoms with Crippen LogP contribution in [0.4, 0.5) is 0 Å². The Bertz CT molecular complexity index is 1240. The summed E-state index contributed by atoms with van der Waals surface area (Å²) in [5.74, 6) is 2.06. The van der Waals surface area contributed by atoms with Crippen LogP contribution in [0.1, 0.15) is 47.3 Å². The first-order valence-corrected chi connectivity index (χ1v) is 11.5. The second-order valence-electron chi connectivity index (χ2n) is 8.81. The number of fused-ring (bicyclic) bond motifs is 1. The number of aromatic nitrogens is 2. The minimum Gasteiger partial charge on any atom is -0.493 e. The highest BCUT2D eigenvalue weighted by Crippen LogP contribution is 2.50. The minimum atomic E-state index is -0.532. The van der Waals surface area contributed by atoms with Crippen LogP contribution < -0.4 is 14.2 Å². The molecule has 34 heavy (non-hydrogen) atoms. The lowest BCUT2D eigenvalue weighted by Gasteiger charge is -2.36. The van der Waals surface area contributed by atoms with E-state index in [1.54, 1.807) is 21.3 Å². The van der Waals surface area contributed by atoms with Crippen molar-refractivity contribution in [3.8, 4) is 17.2 Å². The molecule has 176 valence electrons. The Morgan fingerprint density at radius 3 is 2.41 bits per heavy atom. The number of oxime groups is 1. The molecule has 2 aromatic carbocycles. The second kappa shape index (κ2) is 8.89. The van der Waals surface area contributed by atoms with E-state index in [1.165, 1.54) is 0 Å². The number of hydrogen-bond acceptors (Lipinski definition) is 6. The normalized spacial score (nSPS) is 19.9. The standard InChI is InChI=1S/C27H29N3O4/c1-32-22-13-12-20(25(33-2)26(22)34-3)27(18-10-5-4-6-11-18)15-14-19-21(16-27)28-29-24(19)23(30-31)17-8-7-9-17/h4-6,10-15,17,31H,7-9,16H2,1-3H3,(H,28,29). The molecule has 7 nitrogen and oxygen atoms in total. The fourth-order valence-electron chi connectivity index (χ4n) is 5.19. The van der Waals surface area contributed by atoms with Crippen LogP contribution in [0.15, 0.2) is 53.7 Å². The lowest BCUT2D eigenvalue weighted by molar-refractivity contribution is 0.305. The zero-order chi connectivity index (χ0) is 23.7. The molecule has 0 saturated heterocycles. The number of benzene rings is 2. The molecule has 2 aliphatic carbocycles. The molecule has 1 aromatic heterocycles.